The monoisotopic (exact) mass is 385 g/mol. The molecule has 138 valence electrons. The molecule has 0 saturated carbocycles. The number of carbonyl (C=O) groups is 1. The van der Waals surface area contributed by atoms with Crippen LogP contribution >= 0.6 is 11.6 Å². The van der Waals surface area contributed by atoms with Gasteiger partial charge in [-0.2, -0.15) is 0 Å². The lowest BCUT2D eigenvalue weighted by molar-refractivity contribution is 0.102. The van der Waals surface area contributed by atoms with E-state index in [1.165, 1.54) is 12.1 Å². The zero-order valence-corrected chi connectivity index (χ0v) is 15.1. The summed E-state index contributed by atoms with van der Waals surface area (Å²) in [4.78, 5) is 39.7. The quantitative estimate of drug-likeness (QED) is 0.706. The Morgan fingerprint density at radius 3 is 2.41 bits per heavy atom. The standard InChI is InChI=1S/C19H16ClN3O4/c1-2-27-15-9-5-13(6-10-15)22-17(24)16-11-21-19(26)23(18(16)25)14-7-3-12(20)4-8-14/h3-11H,2H2,1H3,(H,21,26)(H,22,24). The van der Waals surface area contributed by atoms with Crippen LogP contribution < -0.4 is 21.3 Å². The Balaban J connectivity index is 1.91. The van der Waals surface area contributed by atoms with Gasteiger partial charge in [0, 0.05) is 16.9 Å². The molecule has 0 atom stereocenters. The minimum atomic E-state index is -0.732. The molecule has 0 spiro atoms. The number of hydrogen-bond donors (Lipinski definition) is 2. The third-order valence-corrected chi connectivity index (χ3v) is 3.98. The number of nitrogens with zero attached hydrogens (tertiary/aromatic N) is 1. The molecule has 0 bridgehead atoms. The summed E-state index contributed by atoms with van der Waals surface area (Å²) in [6.07, 6.45) is 1.10. The normalized spacial score (nSPS) is 10.4. The number of halogens is 1. The number of aromatic nitrogens is 2. The van der Waals surface area contributed by atoms with Crippen molar-refractivity contribution in [3.8, 4) is 11.4 Å². The van der Waals surface area contributed by atoms with Crippen LogP contribution in [0.15, 0.2) is 64.3 Å². The summed E-state index contributed by atoms with van der Waals surface area (Å²) >= 11 is 5.84. The number of anilines is 1. The summed E-state index contributed by atoms with van der Waals surface area (Å²) in [6, 6.07) is 12.9. The summed E-state index contributed by atoms with van der Waals surface area (Å²) in [7, 11) is 0. The van der Waals surface area contributed by atoms with Gasteiger partial charge in [0.1, 0.15) is 11.3 Å². The molecule has 7 nitrogen and oxygen atoms in total. The molecule has 3 aromatic rings. The van der Waals surface area contributed by atoms with Crippen LogP contribution in [-0.4, -0.2) is 22.1 Å². The van der Waals surface area contributed by atoms with Crippen molar-refractivity contribution in [3.05, 3.63) is 86.2 Å². The van der Waals surface area contributed by atoms with Crippen molar-refractivity contribution >= 4 is 23.2 Å². The predicted octanol–water partition coefficient (Wildman–Crippen LogP) is 2.83. The number of amides is 1. The minimum absolute atomic E-state index is 0.196. The summed E-state index contributed by atoms with van der Waals surface area (Å²) in [5.41, 5.74) is -0.781. The smallest absolute Gasteiger partial charge is 0.333 e. The minimum Gasteiger partial charge on any atom is -0.494 e. The molecule has 1 amide bonds. The van der Waals surface area contributed by atoms with E-state index >= 15 is 0 Å². The van der Waals surface area contributed by atoms with Gasteiger partial charge in [-0.3, -0.25) is 9.59 Å². The van der Waals surface area contributed by atoms with E-state index in [0.717, 1.165) is 10.8 Å². The summed E-state index contributed by atoms with van der Waals surface area (Å²) in [5.74, 6) is 0.0350. The van der Waals surface area contributed by atoms with Crippen LogP contribution in [0.4, 0.5) is 5.69 Å². The Bertz CT molecular complexity index is 1070. The number of hydrogen-bond acceptors (Lipinski definition) is 4. The molecule has 27 heavy (non-hydrogen) atoms. The highest BCUT2D eigenvalue weighted by atomic mass is 35.5. The Morgan fingerprint density at radius 2 is 1.78 bits per heavy atom. The van der Waals surface area contributed by atoms with Gasteiger partial charge in [-0.25, -0.2) is 9.36 Å². The van der Waals surface area contributed by atoms with Gasteiger partial charge in [0.2, 0.25) is 0 Å². The fraction of sp³-hybridized carbons (Fsp3) is 0.105. The zero-order chi connectivity index (χ0) is 19.4. The van der Waals surface area contributed by atoms with Gasteiger partial charge < -0.3 is 15.0 Å². The number of benzene rings is 2. The van der Waals surface area contributed by atoms with E-state index < -0.39 is 17.2 Å². The van der Waals surface area contributed by atoms with Crippen LogP contribution in [0, 0.1) is 0 Å². The van der Waals surface area contributed by atoms with Crippen molar-refractivity contribution in [1.29, 1.82) is 0 Å². The number of carbonyl (C=O) groups excluding carboxylic acids is 1. The number of rotatable bonds is 5. The lowest BCUT2D eigenvalue weighted by atomic mass is 10.2. The average Bonchev–Trinajstić information content (AvgIpc) is 2.65. The van der Waals surface area contributed by atoms with Crippen LogP contribution in [0.5, 0.6) is 5.75 Å². The molecule has 0 unspecified atom stereocenters. The van der Waals surface area contributed by atoms with Crippen molar-refractivity contribution in [2.45, 2.75) is 6.92 Å². The van der Waals surface area contributed by atoms with Gasteiger partial charge in [0.05, 0.1) is 12.3 Å². The Hall–Kier alpha value is -3.32. The molecule has 1 heterocycles. The molecule has 8 heteroatoms. The Labute approximate surface area is 159 Å². The van der Waals surface area contributed by atoms with E-state index in [2.05, 4.69) is 10.3 Å². The van der Waals surface area contributed by atoms with E-state index in [9.17, 15) is 14.4 Å². The van der Waals surface area contributed by atoms with Gasteiger partial charge in [-0.15, -0.1) is 0 Å². The second-order valence-electron chi connectivity index (χ2n) is 5.54. The number of ether oxygens (including phenoxy) is 1. The van der Waals surface area contributed by atoms with Crippen LogP contribution in [0.25, 0.3) is 5.69 Å². The highest BCUT2D eigenvalue weighted by Gasteiger charge is 2.16. The summed E-state index contributed by atoms with van der Waals surface area (Å²) in [5, 5.41) is 3.09. The summed E-state index contributed by atoms with van der Waals surface area (Å²) in [6.45, 7) is 2.41. The van der Waals surface area contributed by atoms with Crippen molar-refractivity contribution < 1.29 is 9.53 Å². The van der Waals surface area contributed by atoms with Crippen molar-refractivity contribution in [3.63, 3.8) is 0 Å². The fourth-order valence-corrected chi connectivity index (χ4v) is 2.59. The van der Waals surface area contributed by atoms with Crippen molar-refractivity contribution in [2.75, 3.05) is 11.9 Å². The SMILES string of the molecule is CCOc1ccc(NC(=O)c2c[nH]c(=O)n(-c3ccc(Cl)cc3)c2=O)cc1. The first kappa shape index (κ1) is 18.5. The maximum Gasteiger partial charge on any atom is 0.333 e. The first-order valence-electron chi connectivity index (χ1n) is 8.14. The van der Waals surface area contributed by atoms with E-state index in [-0.39, 0.29) is 5.56 Å². The molecule has 2 aromatic carbocycles. The van der Waals surface area contributed by atoms with Gasteiger partial charge in [-0.1, -0.05) is 11.6 Å². The second-order valence-corrected chi connectivity index (χ2v) is 5.97. The van der Waals surface area contributed by atoms with Crippen LogP contribution in [-0.2, 0) is 0 Å². The van der Waals surface area contributed by atoms with Gasteiger partial charge in [-0.05, 0) is 55.5 Å². The van der Waals surface area contributed by atoms with E-state index in [0.29, 0.717) is 28.8 Å². The Kier molecular flexibility index (Phi) is 5.42. The molecular formula is C19H16ClN3O4. The van der Waals surface area contributed by atoms with Crippen molar-refractivity contribution in [2.24, 2.45) is 0 Å². The number of H-pyrrole nitrogens is 1. The van der Waals surface area contributed by atoms with E-state index in [1.807, 2.05) is 6.92 Å². The zero-order valence-electron chi connectivity index (χ0n) is 14.4. The first-order valence-corrected chi connectivity index (χ1v) is 8.52. The number of aromatic amines is 1. The molecule has 3 rings (SSSR count). The highest BCUT2D eigenvalue weighted by Crippen LogP contribution is 2.16. The topological polar surface area (TPSA) is 93.2 Å². The van der Waals surface area contributed by atoms with E-state index in [1.54, 1.807) is 36.4 Å². The average molecular weight is 386 g/mol. The first-order chi connectivity index (χ1) is 13.0. The molecule has 0 aliphatic heterocycles. The molecular weight excluding hydrogens is 370 g/mol. The number of nitrogens with one attached hydrogen (secondary N) is 2. The van der Waals surface area contributed by atoms with Gasteiger partial charge >= 0.3 is 5.69 Å². The van der Waals surface area contributed by atoms with Crippen molar-refractivity contribution in [1.82, 2.24) is 9.55 Å². The molecule has 0 fully saturated rings. The maximum absolute atomic E-state index is 12.7. The molecule has 0 aliphatic carbocycles. The van der Waals surface area contributed by atoms with E-state index in [4.69, 9.17) is 16.3 Å². The largest absolute Gasteiger partial charge is 0.494 e. The fourth-order valence-electron chi connectivity index (χ4n) is 2.46. The lowest BCUT2D eigenvalue weighted by Crippen LogP contribution is -2.38. The molecule has 2 N–H and O–H groups in total. The highest BCUT2D eigenvalue weighted by molar-refractivity contribution is 6.30. The maximum atomic E-state index is 12.7. The van der Waals surface area contributed by atoms with Gasteiger partial charge in [0.25, 0.3) is 11.5 Å². The Morgan fingerprint density at radius 1 is 1.11 bits per heavy atom. The van der Waals surface area contributed by atoms with Crippen LogP contribution in [0.2, 0.25) is 5.02 Å². The molecule has 0 saturated heterocycles. The third-order valence-electron chi connectivity index (χ3n) is 3.73. The third kappa shape index (κ3) is 4.09. The van der Waals surface area contributed by atoms with Crippen LogP contribution in [0.3, 0.4) is 0 Å². The predicted molar refractivity (Wildman–Crippen MR) is 103 cm³/mol. The lowest BCUT2D eigenvalue weighted by Gasteiger charge is -2.09. The summed E-state index contributed by atoms with van der Waals surface area (Å²) < 4.78 is 6.22. The molecule has 0 aliphatic rings. The van der Waals surface area contributed by atoms with Crippen LogP contribution in [0.1, 0.15) is 17.3 Å². The van der Waals surface area contributed by atoms with Gasteiger partial charge in [0.15, 0.2) is 0 Å². The molecule has 1 aromatic heterocycles. The molecule has 0 radical (unpaired) electrons. The second kappa shape index (κ2) is 7.92.